The lowest BCUT2D eigenvalue weighted by Gasteiger charge is -2.10. The van der Waals surface area contributed by atoms with Crippen LogP contribution in [0.2, 0.25) is 0 Å². The Morgan fingerprint density at radius 2 is 1.83 bits per heavy atom. The van der Waals surface area contributed by atoms with Crippen molar-refractivity contribution in [2.45, 2.75) is 13.3 Å². The Morgan fingerprint density at radius 1 is 1.08 bits per heavy atom. The molecule has 0 aliphatic heterocycles. The van der Waals surface area contributed by atoms with Gasteiger partial charge in [0.1, 0.15) is 5.82 Å². The van der Waals surface area contributed by atoms with E-state index in [9.17, 15) is 14.0 Å². The molecule has 126 valence electrons. The first kappa shape index (κ1) is 18.6. The minimum Gasteiger partial charge on any atom is -0.352 e. The van der Waals surface area contributed by atoms with E-state index in [4.69, 9.17) is 0 Å². The minimum absolute atomic E-state index is 0.119. The first-order valence-corrected chi connectivity index (χ1v) is 8.74. The van der Waals surface area contributed by atoms with Crippen LogP contribution in [0.15, 0.2) is 45.3 Å². The predicted octanol–water partition coefficient (Wildman–Crippen LogP) is 4.42. The molecule has 24 heavy (non-hydrogen) atoms. The maximum Gasteiger partial charge on any atom is 0.251 e. The quantitative estimate of drug-likeness (QED) is 0.698. The highest BCUT2D eigenvalue weighted by Gasteiger charge is 2.10. The maximum atomic E-state index is 13.3. The van der Waals surface area contributed by atoms with E-state index in [1.807, 2.05) is 25.1 Å². The van der Waals surface area contributed by atoms with E-state index >= 15 is 0 Å². The highest BCUT2D eigenvalue weighted by molar-refractivity contribution is 9.10. The van der Waals surface area contributed by atoms with Gasteiger partial charge in [-0.15, -0.1) is 0 Å². The van der Waals surface area contributed by atoms with E-state index in [1.165, 1.54) is 12.1 Å². The van der Waals surface area contributed by atoms with Crippen molar-refractivity contribution >= 4 is 49.4 Å². The van der Waals surface area contributed by atoms with Crippen molar-refractivity contribution in [3.8, 4) is 0 Å². The Hall–Kier alpha value is -1.73. The van der Waals surface area contributed by atoms with Crippen molar-refractivity contribution in [2.75, 3.05) is 11.9 Å². The van der Waals surface area contributed by atoms with Gasteiger partial charge >= 0.3 is 0 Å². The van der Waals surface area contributed by atoms with E-state index in [1.54, 1.807) is 0 Å². The SMILES string of the molecule is Cc1ccc(Br)cc1NC(=O)CCNC(=O)c1cc(F)cc(Br)c1. The van der Waals surface area contributed by atoms with E-state index in [0.29, 0.717) is 4.47 Å². The highest BCUT2D eigenvalue weighted by atomic mass is 79.9. The molecule has 0 heterocycles. The van der Waals surface area contributed by atoms with Crippen LogP contribution in [0.4, 0.5) is 10.1 Å². The predicted molar refractivity (Wildman–Crippen MR) is 98.6 cm³/mol. The lowest BCUT2D eigenvalue weighted by atomic mass is 10.2. The molecule has 0 aromatic heterocycles. The number of carbonyl (C=O) groups excluding carboxylic acids is 2. The summed E-state index contributed by atoms with van der Waals surface area (Å²) in [5.74, 6) is -1.14. The van der Waals surface area contributed by atoms with Crippen LogP contribution in [-0.4, -0.2) is 18.4 Å². The van der Waals surface area contributed by atoms with Crippen LogP contribution in [0.1, 0.15) is 22.3 Å². The number of hydrogen-bond donors (Lipinski definition) is 2. The molecule has 7 heteroatoms. The van der Waals surface area contributed by atoms with Gasteiger partial charge in [-0.3, -0.25) is 9.59 Å². The largest absolute Gasteiger partial charge is 0.352 e. The Bertz CT molecular complexity index is 761. The van der Waals surface area contributed by atoms with Crippen molar-refractivity contribution in [1.82, 2.24) is 5.32 Å². The average Bonchev–Trinajstić information content (AvgIpc) is 2.50. The number of amides is 2. The zero-order valence-corrected chi connectivity index (χ0v) is 16.0. The van der Waals surface area contributed by atoms with E-state index in [2.05, 4.69) is 42.5 Å². The molecule has 0 spiro atoms. The van der Waals surface area contributed by atoms with Gasteiger partial charge in [0.25, 0.3) is 5.91 Å². The molecule has 2 aromatic rings. The Labute approximate surface area is 156 Å². The summed E-state index contributed by atoms with van der Waals surface area (Å²) in [6.07, 6.45) is 0.119. The first-order chi connectivity index (χ1) is 11.3. The molecule has 2 aromatic carbocycles. The summed E-state index contributed by atoms with van der Waals surface area (Å²) in [5.41, 5.74) is 1.86. The normalized spacial score (nSPS) is 10.3. The zero-order valence-electron chi connectivity index (χ0n) is 12.8. The molecule has 0 aliphatic rings. The van der Waals surface area contributed by atoms with Crippen LogP contribution < -0.4 is 10.6 Å². The van der Waals surface area contributed by atoms with Crippen LogP contribution in [0, 0.1) is 12.7 Å². The van der Waals surface area contributed by atoms with Crippen molar-refractivity contribution in [2.24, 2.45) is 0 Å². The molecular formula is C17H15Br2FN2O2. The number of hydrogen-bond acceptors (Lipinski definition) is 2. The summed E-state index contributed by atoms with van der Waals surface area (Å²) in [4.78, 5) is 23.9. The molecule has 0 bridgehead atoms. The number of nitrogens with one attached hydrogen (secondary N) is 2. The third-order valence-electron chi connectivity index (χ3n) is 3.24. The van der Waals surface area contributed by atoms with Crippen LogP contribution in [0.25, 0.3) is 0 Å². The van der Waals surface area contributed by atoms with Gasteiger partial charge in [-0.1, -0.05) is 37.9 Å². The number of carbonyl (C=O) groups is 2. The highest BCUT2D eigenvalue weighted by Crippen LogP contribution is 2.20. The molecule has 0 saturated heterocycles. The number of aryl methyl sites for hydroxylation is 1. The minimum atomic E-state index is -0.502. The van der Waals surface area contributed by atoms with Gasteiger partial charge in [-0.2, -0.15) is 0 Å². The van der Waals surface area contributed by atoms with Gasteiger partial charge in [0.15, 0.2) is 0 Å². The number of halogens is 3. The molecule has 0 saturated carbocycles. The van der Waals surface area contributed by atoms with Crippen molar-refractivity contribution < 1.29 is 14.0 Å². The fourth-order valence-corrected chi connectivity index (χ4v) is 2.84. The molecule has 2 rings (SSSR count). The summed E-state index contributed by atoms with van der Waals surface area (Å²) >= 11 is 6.49. The summed E-state index contributed by atoms with van der Waals surface area (Å²) in [7, 11) is 0. The second kappa shape index (κ2) is 8.39. The standard InChI is InChI=1S/C17H15Br2FN2O2/c1-10-2-3-12(18)9-15(10)22-16(23)4-5-21-17(24)11-6-13(19)8-14(20)7-11/h2-3,6-9H,4-5H2,1H3,(H,21,24)(H,22,23). The third-order valence-corrected chi connectivity index (χ3v) is 4.19. The van der Waals surface area contributed by atoms with E-state index < -0.39 is 11.7 Å². The molecule has 4 nitrogen and oxygen atoms in total. The molecule has 0 fully saturated rings. The topological polar surface area (TPSA) is 58.2 Å². The van der Waals surface area contributed by atoms with E-state index in [0.717, 1.165) is 21.8 Å². The lowest BCUT2D eigenvalue weighted by Crippen LogP contribution is -2.27. The summed E-state index contributed by atoms with van der Waals surface area (Å²) in [5, 5.41) is 5.39. The monoisotopic (exact) mass is 456 g/mol. The summed E-state index contributed by atoms with van der Waals surface area (Å²) < 4.78 is 14.6. The molecule has 0 aliphatic carbocycles. The van der Waals surface area contributed by atoms with Crippen LogP contribution in [0.3, 0.4) is 0 Å². The fourth-order valence-electron chi connectivity index (χ4n) is 2.02. The smallest absolute Gasteiger partial charge is 0.251 e. The molecular weight excluding hydrogens is 443 g/mol. The average molecular weight is 458 g/mol. The molecule has 0 unspecified atom stereocenters. The van der Waals surface area contributed by atoms with Gasteiger partial charge in [0.2, 0.25) is 5.91 Å². The third kappa shape index (κ3) is 5.42. The van der Waals surface area contributed by atoms with Crippen LogP contribution in [0.5, 0.6) is 0 Å². The van der Waals surface area contributed by atoms with Gasteiger partial charge < -0.3 is 10.6 Å². The van der Waals surface area contributed by atoms with Gasteiger partial charge in [-0.25, -0.2) is 4.39 Å². The number of rotatable bonds is 5. The van der Waals surface area contributed by atoms with Gasteiger partial charge in [0.05, 0.1) is 0 Å². The summed E-state index contributed by atoms with van der Waals surface area (Å²) in [6, 6.07) is 9.53. The van der Waals surface area contributed by atoms with Crippen LogP contribution in [-0.2, 0) is 4.79 Å². The van der Waals surface area contributed by atoms with Gasteiger partial charge in [-0.05, 0) is 42.8 Å². The second-order valence-electron chi connectivity index (χ2n) is 5.17. The Kier molecular flexibility index (Phi) is 6.51. The first-order valence-electron chi connectivity index (χ1n) is 7.15. The van der Waals surface area contributed by atoms with Crippen molar-refractivity contribution in [3.05, 3.63) is 62.3 Å². The molecule has 0 atom stereocenters. The van der Waals surface area contributed by atoms with E-state index in [-0.39, 0.29) is 24.4 Å². The maximum absolute atomic E-state index is 13.3. The fraction of sp³-hybridized carbons (Fsp3) is 0.176. The van der Waals surface area contributed by atoms with Gasteiger partial charge in [0, 0.05) is 33.2 Å². The van der Waals surface area contributed by atoms with Crippen molar-refractivity contribution in [1.29, 1.82) is 0 Å². The summed E-state index contributed by atoms with van der Waals surface area (Å²) in [6.45, 7) is 2.05. The zero-order chi connectivity index (χ0) is 17.7. The Balaban J connectivity index is 1.86. The Morgan fingerprint density at radius 3 is 2.54 bits per heavy atom. The molecule has 2 amide bonds. The van der Waals surface area contributed by atoms with Crippen LogP contribution >= 0.6 is 31.9 Å². The van der Waals surface area contributed by atoms with Crippen molar-refractivity contribution in [3.63, 3.8) is 0 Å². The molecule has 2 N–H and O–H groups in total. The second-order valence-corrected chi connectivity index (χ2v) is 7.00. The number of benzene rings is 2. The number of anilines is 1. The lowest BCUT2D eigenvalue weighted by molar-refractivity contribution is -0.116. The molecule has 0 radical (unpaired) electrons.